The molecule has 0 fully saturated rings. The van der Waals surface area contributed by atoms with Crippen LogP contribution in [-0.2, 0) is 4.79 Å². The third-order valence-electron chi connectivity index (χ3n) is 3.30. The number of hydrogen-bond acceptors (Lipinski definition) is 2. The zero-order chi connectivity index (χ0) is 13.0. The molecule has 1 heterocycles. The van der Waals surface area contributed by atoms with Crippen LogP contribution in [0, 0.1) is 0 Å². The summed E-state index contributed by atoms with van der Waals surface area (Å²) in [6.45, 7) is 3.89. The molecule has 3 nitrogen and oxygen atoms in total. The molecule has 0 radical (unpaired) electrons. The molecule has 0 N–H and O–H groups in total. The summed E-state index contributed by atoms with van der Waals surface area (Å²) in [5.74, 6) is 1.39. The normalized spacial score (nSPS) is 17.8. The third-order valence-corrected chi connectivity index (χ3v) is 3.47. The van der Waals surface area contributed by atoms with E-state index in [1.165, 1.54) is 0 Å². The standard InChI is InChI=1S/C14H18ClNO2/c1-2-16(9-8-15)14(17)12-7-10-18-13-6-4-3-5-11(12)13/h3-6,12H,2,7-10H2,1H3. The molecular weight excluding hydrogens is 250 g/mol. The average molecular weight is 268 g/mol. The van der Waals surface area contributed by atoms with Gasteiger partial charge in [0, 0.05) is 24.5 Å². The van der Waals surface area contributed by atoms with Gasteiger partial charge in [-0.15, -0.1) is 11.6 Å². The Morgan fingerprint density at radius 2 is 2.28 bits per heavy atom. The highest BCUT2D eigenvalue weighted by Crippen LogP contribution is 2.34. The number of amides is 1. The van der Waals surface area contributed by atoms with Crippen molar-refractivity contribution < 1.29 is 9.53 Å². The van der Waals surface area contributed by atoms with Gasteiger partial charge in [0.15, 0.2) is 0 Å². The first kappa shape index (κ1) is 13.2. The van der Waals surface area contributed by atoms with Crippen LogP contribution in [0.3, 0.4) is 0 Å². The van der Waals surface area contributed by atoms with E-state index in [0.29, 0.717) is 25.6 Å². The molecule has 1 aliphatic rings. The Kier molecular flexibility index (Phi) is 4.48. The first-order valence-corrected chi connectivity index (χ1v) is 6.87. The van der Waals surface area contributed by atoms with Gasteiger partial charge in [0.2, 0.25) is 5.91 Å². The summed E-state index contributed by atoms with van der Waals surface area (Å²) in [7, 11) is 0. The fourth-order valence-electron chi connectivity index (χ4n) is 2.35. The summed E-state index contributed by atoms with van der Waals surface area (Å²) in [5, 5.41) is 0. The largest absolute Gasteiger partial charge is 0.493 e. The van der Waals surface area contributed by atoms with E-state index in [1.807, 2.05) is 36.1 Å². The van der Waals surface area contributed by atoms with Crippen molar-refractivity contribution in [2.75, 3.05) is 25.6 Å². The van der Waals surface area contributed by atoms with Crippen LogP contribution in [0.2, 0.25) is 0 Å². The molecule has 0 aromatic heterocycles. The number of alkyl halides is 1. The van der Waals surface area contributed by atoms with Crippen LogP contribution in [0.4, 0.5) is 0 Å². The van der Waals surface area contributed by atoms with Crippen LogP contribution in [0.25, 0.3) is 0 Å². The minimum atomic E-state index is -0.0851. The van der Waals surface area contributed by atoms with E-state index >= 15 is 0 Å². The maximum atomic E-state index is 12.5. The Hall–Kier alpha value is -1.22. The van der Waals surface area contributed by atoms with Gasteiger partial charge < -0.3 is 9.64 Å². The maximum absolute atomic E-state index is 12.5. The highest BCUT2D eigenvalue weighted by molar-refractivity contribution is 6.18. The number of hydrogen-bond donors (Lipinski definition) is 0. The van der Waals surface area contributed by atoms with E-state index in [1.54, 1.807) is 0 Å². The Morgan fingerprint density at radius 1 is 1.50 bits per heavy atom. The molecule has 0 aliphatic carbocycles. The summed E-state index contributed by atoms with van der Waals surface area (Å²) in [5.41, 5.74) is 1.00. The number of para-hydroxylation sites is 1. The van der Waals surface area contributed by atoms with Crippen molar-refractivity contribution in [3.63, 3.8) is 0 Å². The van der Waals surface area contributed by atoms with Gasteiger partial charge in [0.05, 0.1) is 12.5 Å². The first-order valence-electron chi connectivity index (χ1n) is 6.34. The van der Waals surface area contributed by atoms with Gasteiger partial charge in [0.25, 0.3) is 0 Å². The van der Waals surface area contributed by atoms with Gasteiger partial charge in [-0.1, -0.05) is 18.2 Å². The lowest BCUT2D eigenvalue weighted by Crippen LogP contribution is -2.38. The molecule has 1 unspecified atom stereocenters. The molecule has 0 saturated heterocycles. The fraction of sp³-hybridized carbons (Fsp3) is 0.500. The number of carbonyl (C=O) groups is 1. The van der Waals surface area contributed by atoms with Crippen molar-refractivity contribution in [2.24, 2.45) is 0 Å². The quantitative estimate of drug-likeness (QED) is 0.785. The molecule has 0 saturated carbocycles. The van der Waals surface area contributed by atoms with E-state index in [2.05, 4.69) is 0 Å². The number of benzene rings is 1. The lowest BCUT2D eigenvalue weighted by molar-refractivity contribution is -0.133. The molecule has 1 aromatic carbocycles. The van der Waals surface area contributed by atoms with E-state index in [-0.39, 0.29) is 11.8 Å². The SMILES string of the molecule is CCN(CCCl)C(=O)C1CCOc2ccccc21. The fourth-order valence-corrected chi connectivity index (χ4v) is 2.55. The van der Waals surface area contributed by atoms with Gasteiger partial charge in [-0.25, -0.2) is 0 Å². The predicted molar refractivity (Wildman–Crippen MR) is 72.3 cm³/mol. The number of carbonyl (C=O) groups excluding carboxylic acids is 1. The van der Waals surface area contributed by atoms with Crippen LogP contribution in [0.1, 0.15) is 24.8 Å². The monoisotopic (exact) mass is 267 g/mol. The van der Waals surface area contributed by atoms with E-state index in [9.17, 15) is 4.79 Å². The Labute approximate surface area is 113 Å². The number of likely N-dealkylation sites (N-methyl/N-ethyl adjacent to an activating group) is 1. The van der Waals surface area contributed by atoms with Crippen LogP contribution < -0.4 is 4.74 Å². The second-order valence-electron chi connectivity index (χ2n) is 4.33. The van der Waals surface area contributed by atoms with Crippen molar-refractivity contribution in [3.05, 3.63) is 29.8 Å². The molecular formula is C14H18ClNO2. The second-order valence-corrected chi connectivity index (χ2v) is 4.71. The highest BCUT2D eigenvalue weighted by atomic mass is 35.5. The van der Waals surface area contributed by atoms with Crippen molar-refractivity contribution in [3.8, 4) is 5.75 Å². The third kappa shape index (κ3) is 2.61. The van der Waals surface area contributed by atoms with Crippen molar-refractivity contribution in [1.29, 1.82) is 0 Å². The molecule has 1 amide bonds. The van der Waals surface area contributed by atoms with Crippen molar-refractivity contribution >= 4 is 17.5 Å². The first-order chi connectivity index (χ1) is 8.77. The summed E-state index contributed by atoms with van der Waals surface area (Å²) in [4.78, 5) is 14.3. The Bertz CT molecular complexity index is 422. The maximum Gasteiger partial charge on any atom is 0.230 e. The molecule has 18 heavy (non-hydrogen) atoms. The minimum Gasteiger partial charge on any atom is -0.493 e. The summed E-state index contributed by atoms with van der Waals surface area (Å²) in [6, 6.07) is 7.78. The molecule has 1 atom stereocenters. The molecule has 0 bridgehead atoms. The average Bonchev–Trinajstić information content (AvgIpc) is 2.43. The van der Waals surface area contributed by atoms with Crippen LogP contribution in [-0.4, -0.2) is 36.4 Å². The number of rotatable bonds is 4. The number of ether oxygens (including phenoxy) is 1. The topological polar surface area (TPSA) is 29.5 Å². The molecule has 0 spiro atoms. The highest BCUT2D eigenvalue weighted by Gasteiger charge is 2.29. The number of fused-ring (bicyclic) bond motifs is 1. The van der Waals surface area contributed by atoms with Crippen LogP contribution >= 0.6 is 11.6 Å². The molecule has 1 aliphatic heterocycles. The predicted octanol–water partition coefficient (Wildman–Crippen LogP) is 2.64. The zero-order valence-electron chi connectivity index (χ0n) is 10.6. The van der Waals surface area contributed by atoms with Crippen molar-refractivity contribution in [1.82, 2.24) is 4.90 Å². The second kappa shape index (κ2) is 6.10. The van der Waals surface area contributed by atoms with Gasteiger partial charge in [-0.05, 0) is 19.4 Å². The zero-order valence-corrected chi connectivity index (χ0v) is 11.3. The summed E-state index contributed by atoms with van der Waals surface area (Å²) < 4.78 is 5.58. The lowest BCUT2D eigenvalue weighted by atomic mass is 9.92. The molecule has 1 aromatic rings. The summed E-state index contributed by atoms with van der Waals surface area (Å²) >= 11 is 5.74. The van der Waals surface area contributed by atoms with E-state index in [0.717, 1.165) is 17.7 Å². The van der Waals surface area contributed by atoms with Crippen molar-refractivity contribution in [2.45, 2.75) is 19.3 Å². The molecule has 4 heteroatoms. The Morgan fingerprint density at radius 3 is 3.00 bits per heavy atom. The van der Waals surface area contributed by atoms with Gasteiger partial charge >= 0.3 is 0 Å². The van der Waals surface area contributed by atoms with Gasteiger partial charge in [0.1, 0.15) is 5.75 Å². The molecule has 98 valence electrons. The lowest BCUT2D eigenvalue weighted by Gasteiger charge is -2.29. The molecule has 2 rings (SSSR count). The minimum absolute atomic E-state index is 0.0851. The number of halogens is 1. The number of nitrogens with zero attached hydrogens (tertiary/aromatic N) is 1. The van der Waals surface area contributed by atoms with E-state index < -0.39 is 0 Å². The van der Waals surface area contributed by atoms with E-state index in [4.69, 9.17) is 16.3 Å². The van der Waals surface area contributed by atoms with Crippen LogP contribution in [0.15, 0.2) is 24.3 Å². The van der Waals surface area contributed by atoms with Gasteiger partial charge in [-0.2, -0.15) is 0 Å². The van der Waals surface area contributed by atoms with Gasteiger partial charge in [-0.3, -0.25) is 4.79 Å². The smallest absolute Gasteiger partial charge is 0.230 e. The summed E-state index contributed by atoms with van der Waals surface area (Å²) in [6.07, 6.45) is 0.745. The Balaban J connectivity index is 2.21. The van der Waals surface area contributed by atoms with Crippen LogP contribution in [0.5, 0.6) is 5.75 Å².